The standard InChI is InChI=1S/C7H11N3O2S.ClH/c1-13(11,12)10-7-4-2-6(9-8)3-5-7;/h2-5,9-10H,8H2,1H3;1H. The number of hydrogen-bond acceptors (Lipinski definition) is 4. The summed E-state index contributed by atoms with van der Waals surface area (Å²) in [5.74, 6) is 5.14. The van der Waals surface area contributed by atoms with Crippen molar-refractivity contribution in [3.63, 3.8) is 0 Å². The van der Waals surface area contributed by atoms with E-state index in [1.54, 1.807) is 24.3 Å². The van der Waals surface area contributed by atoms with Crippen LogP contribution in [0.5, 0.6) is 0 Å². The lowest BCUT2D eigenvalue weighted by atomic mass is 10.3. The summed E-state index contributed by atoms with van der Waals surface area (Å²) in [4.78, 5) is 0. The molecule has 0 saturated heterocycles. The number of anilines is 2. The first kappa shape index (κ1) is 13.0. The summed E-state index contributed by atoms with van der Waals surface area (Å²) in [7, 11) is -3.20. The van der Waals surface area contributed by atoms with Crippen LogP contribution >= 0.6 is 12.4 Å². The fourth-order valence-corrected chi connectivity index (χ4v) is 1.41. The van der Waals surface area contributed by atoms with Crippen LogP contribution in [0.25, 0.3) is 0 Å². The van der Waals surface area contributed by atoms with E-state index in [0.717, 1.165) is 11.9 Å². The molecule has 1 rings (SSSR count). The van der Waals surface area contributed by atoms with E-state index in [0.29, 0.717) is 5.69 Å². The number of nitrogens with one attached hydrogen (secondary N) is 2. The Labute approximate surface area is 89.1 Å². The average molecular weight is 238 g/mol. The quantitative estimate of drug-likeness (QED) is 0.536. The van der Waals surface area contributed by atoms with Crippen molar-refractivity contribution >= 4 is 33.8 Å². The number of rotatable bonds is 3. The van der Waals surface area contributed by atoms with Gasteiger partial charge in [-0.05, 0) is 24.3 Å². The van der Waals surface area contributed by atoms with Crippen molar-refractivity contribution in [1.82, 2.24) is 0 Å². The normalized spacial score (nSPS) is 10.1. The Balaban J connectivity index is 0.00000169. The highest BCUT2D eigenvalue weighted by atomic mass is 35.5. The minimum atomic E-state index is -3.20. The van der Waals surface area contributed by atoms with Crippen LogP contribution in [-0.2, 0) is 10.0 Å². The van der Waals surface area contributed by atoms with E-state index < -0.39 is 10.0 Å². The summed E-state index contributed by atoms with van der Waals surface area (Å²) < 4.78 is 23.9. The van der Waals surface area contributed by atoms with Gasteiger partial charge in [0, 0.05) is 11.4 Å². The van der Waals surface area contributed by atoms with E-state index in [1.807, 2.05) is 0 Å². The maximum atomic E-state index is 10.8. The molecule has 0 atom stereocenters. The molecule has 0 aromatic heterocycles. The van der Waals surface area contributed by atoms with Crippen LogP contribution in [0.2, 0.25) is 0 Å². The van der Waals surface area contributed by atoms with Gasteiger partial charge in [-0.2, -0.15) is 0 Å². The van der Waals surface area contributed by atoms with Gasteiger partial charge in [0.2, 0.25) is 10.0 Å². The molecule has 0 aliphatic carbocycles. The number of nitrogens with two attached hydrogens (primary N) is 1. The molecule has 0 unspecified atom stereocenters. The molecule has 0 fully saturated rings. The number of hydrogen-bond donors (Lipinski definition) is 3. The minimum Gasteiger partial charge on any atom is -0.324 e. The molecule has 0 aliphatic rings. The Hall–Kier alpha value is -0.980. The van der Waals surface area contributed by atoms with Gasteiger partial charge in [0.1, 0.15) is 0 Å². The predicted molar refractivity (Wildman–Crippen MR) is 60.0 cm³/mol. The van der Waals surface area contributed by atoms with E-state index in [2.05, 4.69) is 10.1 Å². The Morgan fingerprint density at radius 1 is 1.14 bits per heavy atom. The molecule has 14 heavy (non-hydrogen) atoms. The third kappa shape index (κ3) is 4.31. The van der Waals surface area contributed by atoms with Gasteiger partial charge >= 0.3 is 0 Å². The molecule has 0 radical (unpaired) electrons. The summed E-state index contributed by atoms with van der Waals surface area (Å²) in [6.07, 6.45) is 1.10. The molecule has 0 bridgehead atoms. The summed E-state index contributed by atoms with van der Waals surface area (Å²) in [5.41, 5.74) is 3.68. The first-order chi connectivity index (χ1) is 6.01. The highest BCUT2D eigenvalue weighted by molar-refractivity contribution is 7.92. The Bertz CT molecular complexity index is 376. The van der Waals surface area contributed by atoms with Gasteiger partial charge in [-0.1, -0.05) is 0 Å². The summed E-state index contributed by atoms with van der Waals surface area (Å²) in [6.45, 7) is 0. The summed E-state index contributed by atoms with van der Waals surface area (Å²) >= 11 is 0. The molecule has 0 amide bonds. The van der Waals surface area contributed by atoms with Crippen molar-refractivity contribution in [2.75, 3.05) is 16.4 Å². The highest BCUT2D eigenvalue weighted by Gasteiger charge is 2.00. The first-order valence-electron chi connectivity index (χ1n) is 3.56. The number of nitrogen functional groups attached to an aromatic ring is 1. The lowest BCUT2D eigenvalue weighted by Crippen LogP contribution is -2.10. The van der Waals surface area contributed by atoms with E-state index in [-0.39, 0.29) is 12.4 Å². The van der Waals surface area contributed by atoms with E-state index in [1.165, 1.54) is 0 Å². The highest BCUT2D eigenvalue weighted by Crippen LogP contribution is 2.12. The minimum absolute atomic E-state index is 0. The average Bonchev–Trinajstić information content (AvgIpc) is 2.03. The lowest BCUT2D eigenvalue weighted by molar-refractivity contribution is 0.607. The van der Waals surface area contributed by atoms with Gasteiger partial charge in [0.25, 0.3) is 0 Å². The molecule has 0 spiro atoms. The zero-order chi connectivity index (χ0) is 9.90. The largest absolute Gasteiger partial charge is 0.324 e. The molecular weight excluding hydrogens is 226 g/mol. The SMILES string of the molecule is CS(=O)(=O)Nc1ccc(NN)cc1.Cl. The molecule has 5 nitrogen and oxygen atoms in total. The molecule has 7 heteroatoms. The zero-order valence-electron chi connectivity index (χ0n) is 7.52. The second-order valence-corrected chi connectivity index (χ2v) is 4.34. The second kappa shape index (κ2) is 5.04. The van der Waals surface area contributed by atoms with Crippen LogP contribution in [0, 0.1) is 0 Å². The summed E-state index contributed by atoms with van der Waals surface area (Å²) in [6, 6.07) is 6.59. The Morgan fingerprint density at radius 3 is 1.93 bits per heavy atom. The number of sulfonamides is 1. The van der Waals surface area contributed by atoms with E-state index in [9.17, 15) is 8.42 Å². The molecule has 1 aromatic rings. The zero-order valence-corrected chi connectivity index (χ0v) is 9.15. The molecule has 0 aliphatic heterocycles. The molecule has 1 aromatic carbocycles. The Morgan fingerprint density at radius 2 is 1.57 bits per heavy atom. The third-order valence-electron chi connectivity index (χ3n) is 1.35. The second-order valence-electron chi connectivity index (χ2n) is 2.60. The van der Waals surface area contributed by atoms with Gasteiger partial charge in [-0.15, -0.1) is 12.4 Å². The number of benzene rings is 1. The van der Waals surface area contributed by atoms with Crippen molar-refractivity contribution in [2.24, 2.45) is 5.84 Å². The van der Waals surface area contributed by atoms with Gasteiger partial charge < -0.3 is 5.43 Å². The van der Waals surface area contributed by atoms with Gasteiger partial charge in [0.15, 0.2) is 0 Å². The van der Waals surface area contributed by atoms with E-state index in [4.69, 9.17) is 5.84 Å². The maximum absolute atomic E-state index is 10.8. The molecular formula is C7H12ClN3O2S. The molecule has 0 heterocycles. The lowest BCUT2D eigenvalue weighted by Gasteiger charge is -2.04. The monoisotopic (exact) mass is 237 g/mol. The van der Waals surface area contributed by atoms with Crippen LogP contribution in [-0.4, -0.2) is 14.7 Å². The summed E-state index contributed by atoms with van der Waals surface area (Å²) in [5, 5.41) is 0. The van der Waals surface area contributed by atoms with Gasteiger partial charge in [0.05, 0.1) is 6.26 Å². The third-order valence-corrected chi connectivity index (χ3v) is 1.96. The molecule has 4 N–H and O–H groups in total. The van der Waals surface area contributed by atoms with E-state index >= 15 is 0 Å². The van der Waals surface area contributed by atoms with Crippen molar-refractivity contribution in [3.05, 3.63) is 24.3 Å². The van der Waals surface area contributed by atoms with Gasteiger partial charge in [-0.25, -0.2) is 8.42 Å². The number of halogens is 1. The van der Waals surface area contributed by atoms with Crippen LogP contribution in [0.4, 0.5) is 11.4 Å². The molecule has 0 saturated carbocycles. The fourth-order valence-electron chi connectivity index (χ4n) is 0.849. The van der Waals surface area contributed by atoms with Crippen LogP contribution in [0.15, 0.2) is 24.3 Å². The van der Waals surface area contributed by atoms with Gasteiger partial charge in [-0.3, -0.25) is 10.6 Å². The molecule has 80 valence electrons. The predicted octanol–water partition coefficient (Wildman–Crippen LogP) is 0.765. The first-order valence-corrected chi connectivity index (χ1v) is 5.45. The van der Waals surface area contributed by atoms with Crippen molar-refractivity contribution in [2.45, 2.75) is 0 Å². The Kier molecular flexibility index (Phi) is 4.69. The fraction of sp³-hybridized carbons (Fsp3) is 0.143. The topological polar surface area (TPSA) is 84.2 Å². The van der Waals surface area contributed by atoms with Crippen molar-refractivity contribution in [3.8, 4) is 0 Å². The smallest absolute Gasteiger partial charge is 0.229 e. The van der Waals surface area contributed by atoms with Crippen LogP contribution in [0.1, 0.15) is 0 Å². The van der Waals surface area contributed by atoms with Crippen molar-refractivity contribution < 1.29 is 8.42 Å². The maximum Gasteiger partial charge on any atom is 0.229 e. The van der Waals surface area contributed by atoms with Crippen LogP contribution in [0.3, 0.4) is 0 Å². The number of hydrazine groups is 1. The van der Waals surface area contributed by atoms with Crippen molar-refractivity contribution in [1.29, 1.82) is 0 Å². The van der Waals surface area contributed by atoms with Crippen LogP contribution < -0.4 is 16.0 Å².